The third-order valence-electron chi connectivity index (χ3n) is 2.98. The van der Waals surface area contributed by atoms with Gasteiger partial charge in [-0.05, 0) is 34.1 Å². The van der Waals surface area contributed by atoms with Crippen molar-refractivity contribution < 1.29 is 4.79 Å². The molecule has 0 aromatic heterocycles. The second kappa shape index (κ2) is 5.07. The average molecular weight is 247 g/mol. The first-order valence-electron chi connectivity index (χ1n) is 5.81. The first-order valence-corrected chi connectivity index (χ1v) is 6.86. The summed E-state index contributed by atoms with van der Waals surface area (Å²) < 4.78 is 0. The zero-order valence-corrected chi connectivity index (χ0v) is 11.0. The number of hydrogen-bond acceptors (Lipinski definition) is 3. The number of rotatable bonds is 3. The number of Topliss-reactive ketones (excluding diaryl/α,β-unsaturated/α-hetero) is 1. The number of thioether (sulfide) groups is 1. The van der Waals surface area contributed by atoms with E-state index in [1.54, 1.807) is 11.8 Å². The number of nitrogens with two attached hydrogens (primary N) is 1. The topological polar surface area (TPSA) is 43.1 Å². The molecule has 0 spiro atoms. The summed E-state index contributed by atoms with van der Waals surface area (Å²) in [6.45, 7) is 4.81. The van der Waals surface area contributed by atoms with Crippen LogP contribution < -0.4 is 5.73 Å². The van der Waals surface area contributed by atoms with Crippen LogP contribution in [0.15, 0.2) is 23.6 Å². The third kappa shape index (κ3) is 2.45. The van der Waals surface area contributed by atoms with Gasteiger partial charge in [-0.3, -0.25) is 4.79 Å². The van der Waals surface area contributed by atoms with Gasteiger partial charge in [0, 0.05) is 12.1 Å². The van der Waals surface area contributed by atoms with Crippen LogP contribution in [0.25, 0.3) is 5.57 Å². The van der Waals surface area contributed by atoms with Gasteiger partial charge in [0.25, 0.3) is 0 Å². The van der Waals surface area contributed by atoms with E-state index in [9.17, 15) is 4.79 Å². The van der Waals surface area contributed by atoms with Crippen LogP contribution in [-0.2, 0) is 11.3 Å². The Hall–Kier alpha value is -1.06. The van der Waals surface area contributed by atoms with Gasteiger partial charge in [-0.1, -0.05) is 26.0 Å². The molecule has 0 aliphatic carbocycles. The first kappa shape index (κ1) is 12.4. The highest BCUT2D eigenvalue weighted by Gasteiger charge is 2.21. The largest absolute Gasteiger partial charge is 0.326 e. The van der Waals surface area contributed by atoms with Crippen LogP contribution in [0.1, 0.15) is 36.5 Å². The number of hydrogen-bond donors (Lipinski definition) is 1. The lowest BCUT2D eigenvalue weighted by molar-refractivity contribution is -0.111. The molecule has 2 nitrogen and oxygen atoms in total. The van der Waals surface area contributed by atoms with Crippen molar-refractivity contribution in [2.24, 2.45) is 5.73 Å². The van der Waals surface area contributed by atoms with Crippen molar-refractivity contribution in [1.82, 2.24) is 0 Å². The summed E-state index contributed by atoms with van der Waals surface area (Å²) in [5, 5.41) is 1.98. The van der Waals surface area contributed by atoms with Crippen molar-refractivity contribution in [1.29, 1.82) is 0 Å². The summed E-state index contributed by atoms with van der Waals surface area (Å²) in [7, 11) is 0. The Kier molecular flexibility index (Phi) is 3.69. The van der Waals surface area contributed by atoms with Crippen LogP contribution in [0, 0.1) is 0 Å². The highest BCUT2D eigenvalue weighted by molar-refractivity contribution is 8.03. The summed E-state index contributed by atoms with van der Waals surface area (Å²) in [5.41, 5.74) is 9.90. The smallest absolute Gasteiger partial charge is 0.174 e. The molecule has 0 radical (unpaired) electrons. The molecule has 3 heteroatoms. The van der Waals surface area contributed by atoms with Gasteiger partial charge in [0.1, 0.15) is 0 Å². The molecule has 0 saturated carbocycles. The van der Waals surface area contributed by atoms with E-state index in [1.807, 2.05) is 11.5 Å². The molecule has 1 aliphatic heterocycles. The van der Waals surface area contributed by atoms with Crippen LogP contribution in [-0.4, -0.2) is 11.5 Å². The van der Waals surface area contributed by atoms with Crippen molar-refractivity contribution in [2.75, 3.05) is 5.75 Å². The summed E-state index contributed by atoms with van der Waals surface area (Å²) in [5.74, 6) is 1.21. The van der Waals surface area contributed by atoms with Crippen LogP contribution in [0.2, 0.25) is 0 Å². The van der Waals surface area contributed by atoms with E-state index in [4.69, 9.17) is 5.73 Å². The second-order valence-corrected chi connectivity index (χ2v) is 5.40. The fourth-order valence-electron chi connectivity index (χ4n) is 2.02. The van der Waals surface area contributed by atoms with E-state index in [1.165, 1.54) is 5.56 Å². The fourth-order valence-corrected chi connectivity index (χ4v) is 2.84. The van der Waals surface area contributed by atoms with Gasteiger partial charge >= 0.3 is 0 Å². The molecule has 0 amide bonds. The maximum Gasteiger partial charge on any atom is 0.174 e. The van der Waals surface area contributed by atoms with E-state index >= 15 is 0 Å². The fraction of sp³-hybridized carbons (Fsp3) is 0.357. The standard InChI is InChI=1S/C14H17NOS/c1-9(2)11-4-3-10(6-15)5-12(11)13-7-17-8-14(13)16/h3-5,7,9H,6,8,15H2,1-2H3. The lowest BCUT2D eigenvalue weighted by Crippen LogP contribution is -2.05. The zero-order chi connectivity index (χ0) is 12.4. The quantitative estimate of drug-likeness (QED) is 0.893. The Labute approximate surface area is 106 Å². The molecule has 1 heterocycles. The van der Waals surface area contributed by atoms with Crippen LogP contribution in [0.4, 0.5) is 0 Å². The maximum absolute atomic E-state index is 11.8. The van der Waals surface area contributed by atoms with Gasteiger partial charge in [0.05, 0.1) is 5.75 Å². The Balaban J connectivity index is 2.52. The molecule has 0 bridgehead atoms. The number of benzene rings is 1. The number of carbonyl (C=O) groups is 1. The van der Waals surface area contributed by atoms with E-state index < -0.39 is 0 Å². The lowest BCUT2D eigenvalue weighted by Gasteiger charge is -2.14. The van der Waals surface area contributed by atoms with Crippen molar-refractivity contribution in [3.05, 3.63) is 40.3 Å². The molecule has 1 aromatic carbocycles. The predicted molar refractivity (Wildman–Crippen MR) is 73.9 cm³/mol. The molecule has 0 fully saturated rings. The normalized spacial score (nSPS) is 15.5. The van der Waals surface area contributed by atoms with E-state index in [2.05, 4.69) is 26.0 Å². The second-order valence-electron chi connectivity index (χ2n) is 4.55. The van der Waals surface area contributed by atoms with Gasteiger partial charge in [-0.25, -0.2) is 0 Å². The maximum atomic E-state index is 11.8. The molecular formula is C14H17NOS. The summed E-state index contributed by atoms with van der Waals surface area (Å²) in [4.78, 5) is 11.8. The summed E-state index contributed by atoms with van der Waals surface area (Å²) in [6.07, 6.45) is 0. The molecule has 0 atom stereocenters. The van der Waals surface area contributed by atoms with Gasteiger partial charge in [0.2, 0.25) is 0 Å². The van der Waals surface area contributed by atoms with Crippen LogP contribution >= 0.6 is 11.8 Å². The highest BCUT2D eigenvalue weighted by atomic mass is 32.2. The molecule has 0 unspecified atom stereocenters. The third-order valence-corrected chi connectivity index (χ3v) is 3.81. The Morgan fingerprint density at radius 1 is 1.41 bits per heavy atom. The number of carbonyl (C=O) groups excluding carboxylic acids is 1. The molecular weight excluding hydrogens is 230 g/mol. The molecule has 0 saturated heterocycles. The predicted octanol–water partition coefficient (Wildman–Crippen LogP) is 2.93. The van der Waals surface area contributed by atoms with Crippen LogP contribution in [0.3, 0.4) is 0 Å². The van der Waals surface area contributed by atoms with E-state index in [0.717, 1.165) is 16.7 Å². The first-order chi connectivity index (χ1) is 8.13. The zero-order valence-electron chi connectivity index (χ0n) is 10.2. The molecule has 2 N–H and O–H groups in total. The van der Waals surface area contributed by atoms with Gasteiger partial charge < -0.3 is 5.73 Å². The van der Waals surface area contributed by atoms with Gasteiger partial charge in [0.15, 0.2) is 5.78 Å². The SMILES string of the molecule is CC(C)c1ccc(CN)cc1C1=CSCC1=O. The Morgan fingerprint density at radius 3 is 2.71 bits per heavy atom. The average Bonchev–Trinajstić information content (AvgIpc) is 2.74. The van der Waals surface area contributed by atoms with Crippen molar-refractivity contribution in [3.8, 4) is 0 Å². The highest BCUT2D eigenvalue weighted by Crippen LogP contribution is 2.33. The minimum Gasteiger partial charge on any atom is -0.326 e. The van der Waals surface area contributed by atoms with Gasteiger partial charge in [-0.15, -0.1) is 11.8 Å². The summed E-state index contributed by atoms with van der Waals surface area (Å²) >= 11 is 1.58. The molecule has 17 heavy (non-hydrogen) atoms. The van der Waals surface area contributed by atoms with Crippen molar-refractivity contribution >= 4 is 23.1 Å². The molecule has 90 valence electrons. The minimum absolute atomic E-state index is 0.228. The van der Waals surface area contributed by atoms with Gasteiger partial charge in [-0.2, -0.15) is 0 Å². The van der Waals surface area contributed by atoms with Crippen molar-refractivity contribution in [2.45, 2.75) is 26.3 Å². The number of allylic oxidation sites excluding steroid dienone is 1. The number of ketones is 1. The lowest BCUT2D eigenvalue weighted by atomic mass is 9.90. The van der Waals surface area contributed by atoms with E-state index in [-0.39, 0.29) is 5.78 Å². The molecule has 1 aromatic rings. The Morgan fingerprint density at radius 2 is 2.18 bits per heavy atom. The van der Waals surface area contributed by atoms with E-state index in [0.29, 0.717) is 18.2 Å². The molecule has 1 aliphatic rings. The monoisotopic (exact) mass is 247 g/mol. The molecule has 2 rings (SSSR count). The van der Waals surface area contributed by atoms with Crippen LogP contribution in [0.5, 0.6) is 0 Å². The van der Waals surface area contributed by atoms with Crippen molar-refractivity contribution in [3.63, 3.8) is 0 Å². The Bertz CT molecular complexity index is 477. The minimum atomic E-state index is 0.228. The summed E-state index contributed by atoms with van der Waals surface area (Å²) in [6, 6.07) is 6.20.